The van der Waals surface area contributed by atoms with Crippen molar-refractivity contribution in [1.29, 1.82) is 0 Å². The highest BCUT2D eigenvalue weighted by atomic mass is 35.5. The van der Waals surface area contributed by atoms with Gasteiger partial charge in [-0.25, -0.2) is 0 Å². The molecule has 0 unspecified atom stereocenters. The van der Waals surface area contributed by atoms with E-state index in [0.717, 1.165) is 11.1 Å². The molecule has 4 nitrogen and oxygen atoms in total. The van der Waals surface area contributed by atoms with Gasteiger partial charge in [-0.05, 0) is 6.07 Å². The summed E-state index contributed by atoms with van der Waals surface area (Å²) in [4.78, 5) is 3.98. The fourth-order valence-corrected chi connectivity index (χ4v) is 1.05. The Hall–Kier alpha value is -1.55. The molecule has 0 amide bonds. The first-order valence-electron chi connectivity index (χ1n) is 3.57. The Balaban J connectivity index is 0.000000845. The van der Waals surface area contributed by atoms with Crippen molar-refractivity contribution >= 4 is 18.2 Å². The summed E-state index contributed by atoms with van der Waals surface area (Å²) >= 11 is 0. The number of aromatic nitrogens is 3. The summed E-state index contributed by atoms with van der Waals surface area (Å²) in [6.07, 6.45) is 5.16. The lowest BCUT2D eigenvalue weighted by atomic mass is 10.1. The number of nitrogen functional groups attached to an aromatic ring is 1. The standard InChI is InChI=1S/C8H8N4.ClH/c9-8-7(5-11-12-8)6-2-1-3-10-4-6;/h1-5H,(H3,9,11,12);1H. The quantitative estimate of drug-likeness (QED) is 0.726. The number of hydrogen-bond acceptors (Lipinski definition) is 3. The predicted molar refractivity (Wildman–Crippen MR) is 53.5 cm³/mol. The number of anilines is 1. The largest absolute Gasteiger partial charge is 0.384 e. The lowest BCUT2D eigenvalue weighted by molar-refractivity contribution is 1.10. The topological polar surface area (TPSA) is 67.6 Å². The van der Waals surface area contributed by atoms with E-state index in [1.165, 1.54) is 0 Å². The van der Waals surface area contributed by atoms with Crippen LogP contribution in [0.5, 0.6) is 0 Å². The van der Waals surface area contributed by atoms with Crippen LogP contribution in [0.15, 0.2) is 30.7 Å². The van der Waals surface area contributed by atoms with Crippen LogP contribution in [-0.2, 0) is 0 Å². The summed E-state index contributed by atoms with van der Waals surface area (Å²) in [7, 11) is 0. The summed E-state index contributed by atoms with van der Waals surface area (Å²) in [6.45, 7) is 0. The minimum Gasteiger partial charge on any atom is -0.384 e. The summed E-state index contributed by atoms with van der Waals surface area (Å²) < 4.78 is 0. The van der Waals surface area contributed by atoms with E-state index in [2.05, 4.69) is 15.2 Å². The molecular formula is C8H9ClN4. The fraction of sp³-hybridized carbons (Fsp3) is 0. The van der Waals surface area contributed by atoms with Crippen molar-refractivity contribution in [3.8, 4) is 11.1 Å². The second kappa shape index (κ2) is 3.91. The maximum Gasteiger partial charge on any atom is 0.126 e. The zero-order valence-electron chi connectivity index (χ0n) is 6.77. The maximum atomic E-state index is 5.63. The van der Waals surface area contributed by atoms with Gasteiger partial charge in [0.1, 0.15) is 5.82 Å². The van der Waals surface area contributed by atoms with Crippen molar-refractivity contribution in [1.82, 2.24) is 15.2 Å². The molecule has 0 bridgehead atoms. The van der Waals surface area contributed by atoms with Crippen molar-refractivity contribution in [3.05, 3.63) is 30.7 Å². The monoisotopic (exact) mass is 196 g/mol. The highest BCUT2D eigenvalue weighted by Gasteiger charge is 2.02. The van der Waals surface area contributed by atoms with E-state index in [9.17, 15) is 0 Å². The molecule has 0 radical (unpaired) electrons. The molecule has 68 valence electrons. The molecule has 0 aliphatic heterocycles. The molecule has 5 heteroatoms. The molecule has 0 atom stereocenters. The normalized spacial score (nSPS) is 9.23. The molecule has 2 rings (SSSR count). The van der Waals surface area contributed by atoms with E-state index in [1.807, 2.05) is 12.1 Å². The first-order valence-corrected chi connectivity index (χ1v) is 3.57. The molecule has 0 fully saturated rings. The number of pyridine rings is 1. The molecule has 3 N–H and O–H groups in total. The molecule has 0 spiro atoms. The maximum absolute atomic E-state index is 5.63. The minimum atomic E-state index is 0. The van der Waals surface area contributed by atoms with Crippen LogP contribution in [0, 0.1) is 0 Å². The fourth-order valence-electron chi connectivity index (χ4n) is 1.05. The molecule has 2 aromatic rings. The summed E-state index contributed by atoms with van der Waals surface area (Å²) in [5.41, 5.74) is 7.49. The van der Waals surface area contributed by atoms with Crippen molar-refractivity contribution in [2.24, 2.45) is 0 Å². The first-order chi connectivity index (χ1) is 5.88. The van der Waals surface area contributed by atoms with Crippen LogP contribution < -0.4 is 5.73 Å². The van der Waals surface area contributed by atoms with E-state index in [0.29, 0.717) is 5.82 Å². The van der Waals surface area contributed by atoms with Gasteiger partial charge in [0.05, 0.1) is 6.20 Å². The number of nitrogens with one attached hydrogen (secondary N) is 1. The number of nitrogens with zero attached hydrogens (tertiary/aromatic N) is 2. The zero-order valence-corrected chi connectivity index (χ0v) is 7.58. The Morgan fingerprint density at radius 3 is 2.69 bits per heavy atom. The zero-order chi connectivity index (χ0) is 8.39. The van der Waals surface area contributed by atoms with E-state index in [4.69, 9.17) is 5.73 Å². The Labute approximate surface area is 81.6 Å². The van der Waals surface area contributed by atoms with Gasteiger partial charge in [0.15, 0.2) is 0 Å². The molecule has 0 aliphatic rings. The van der Waals surface area contributed by atoms with Gasteiger partial charge < -0.3 is 5.73 Å². The summed E-state index contributed by atoms with van der Waals surface area (Å²) in [6, 6.07) is 3.80. The number of rotatable bonds is 1. The molecule has 2 heterocycles. The van der Waals surface area contributed by atoms with Crippen molar-refractivity contribution in [3.63, 3.8) is 0 Å². The van der Waals surface area contributed by atoms with Crippen molar-refractivity contribution in [2.45, 2.75) is 0 Å². The van der Waals surface area contributed by atoms with Gasteiger partial charge in [0, 0.05) is 23.5 Å². The molecule has 0 aromatic carbocycles. The Kier molecular flexibility index (Phi) is 2.87. The van der Waals surface area contributed by atoms with Gasteiger partial charge in [0.25, 0.3) is 0 Å². The van der Waals surface area contributed by atoms with Crippen LogP contribution in [0.25, 0.3) is 11.1 Å². The molecular weight excluding hydrogens is 188 g/mol. The van der Waals surface area contributed by atoms with Gasteiger partial charge >= 0.3 is 0 Å². The SMILES string of the molecule is Cl.Nc1[nH]ncc1-c1cccnc1. The van der Waals surface area contributed by atoms with Crippen LogP contribution >= 0.6 is 12.4 Å². The highest BCUT2D eigenvalue weighted by molar-refractivity contribution is 5.85. The first kappa shape index (κ1) is 9.54. The third-order valence-electron chi connectivity index (χ3n) is 1.64. The van der Waals surface area contributed by atoms with Gasteiger partial charge in [0.2, 0.25) is 0 Å². The second-order valence-electron chi connectivity index (χ2n) is 2.44. The van der Waals surface area contributed by atoms with Gasteiger partial charge in [-0.2, -0.15) is 5.10 Å². The van der Waals surface area contributed by atoms with Crippen LogP contribution in [0.3, 0.4) is 0 Å². The average Bonchev–Trinajstić information content (AvgIpc) is 2.53. The molecule has 0 saturated heterocycles. The third kappa shape index (κ3) is 1.78. The van der Waals surface area contributed by atoms with Crippen molar-refractivity contribution < 1.29 is 0 Å². The Morgan fingerprint density at radius 2 is 2.15 bits per heavy atom. The molecule has 0 saturated carbocycles. The number of hydrogen-bond donors (Lipinski definition) is 2. The lowest BCUT2D eigenvalue weighted by Gasteiger charge is -1.95. The third-order valence-corrected chi connectivity index (χ3v) is 1.64. The molecule has 0 aliphatic carbocycles. The van der Waals surface area contributed by atoms with E-state index < -0.39 is 0 Å². The number of nitrogens with two attached hydrogens (primary N) is 1. The van der Waals surface area contributed by atoms with Gasteiger partial charge in [-0.15, -0.1) is 12.4 Å². The van der Waals surface area contributed by atoms with Crippen molar-refractivity contribution in [2.75, 3.05) is 5.73 Å². The summed E-state index contributed by atoms with van der Waals surface area (Å²) in [5, 5.41) is 6.49. The minimum absolute atomic E-state index is 0. The number of aromatic amines is 1. The van der Waals surface area contributed by atoms with E-state index in [-0.39, 0.29) is 12.4 Å². The number of H-pyrrole nitrogens is 1. The van der Waals surface area contributed by atoms with Crippen LogP contribution in [0.2, 0.25) is 0 Å². The highest BCUT2D eigenvalue weighted by Crippen LogP contribution is 2.21. The van der Waals surface area contributed by atoms with Gasteiger partial charge in [-0.1, -0.05) is 6.07 Å². The van der Waals surface area contributed by atoms with Crippen LogP contribution in [0.4, 0.5) is 5.82 Å². The molecule has 13 heavy (non-hydrogen) atoms. The summed E-state index contributed by atoms with van der Waals surface area (Å²) in [5.74, 6) is 0.572. The molecule has 2 aromatic heterocycles. The predicted octanol–water partition coefficient (Wildman–Crippen LogP) is 1.48. The smallest absolute Gasteiger partial charge is 0.126 e. The second-order valence-corrected chi connectivity index (χ2v) is 2.44. The van der Waals surface area contributed by atoms with E-state index >= 15 is 0 Å². The Bertz CT molecular complexity index is 371. The lowest BCUT2D eigenvalue weighted by Crippen LogP contribution is -1.87. The van der Waals surface area contributed by atoms with Gasteiger partial charge in [-0.3, -0.25) is 10.1 Å². The Morgan fingerprint density at radius 1 is 1.31 bits per heavy atom. The number of halogens is 1. The van der Waals surface area contributed by atoms with Crippen LogP contribution in [-0.4, -0.2) is 15.2 Å². The average molecular weight is 197 g/mol. The van der Waals surface area contributed by atoms with E-state index in [1.54, 1.807) is 18.6 Å². The van der Waals surface area contributed by atoms with Crippen LogP contribution in [0.1, 0.15) is 0 Å².